The Kier molecular flexibility index (Phi) is 3.38. The van der Waals surface area contributed by atoms with Crippen molar-refractivity contribution in [2.24, 2.45) is 0 Å². The minimum absolute atomic E-state index is 0.167. The number of rotatable bonds is 3. The van der Waals surface area contributed by atoms with Crippen molar-refractivity contribution in [3.8, 4) is 11.5 Å². The van der Waals surface area contributed by atoms with Crippen molar-refractivity contribution >= 4 is 6.08 Å². The third-order valence-electron chi connectivity index (χ3n) is 1.68. The fraction of sp³-hybridized carbons (Fsp3) is 0.182. The van der Waals surface area contributed by atoms with E-state index in [9.17, 15) is 5.11 Å². The molecule has 1 radical (unpaired) electrons. The molecule has 2 heteroatoms. The van der Waals surface area contributed by atoms with Crippen LogP contribution in [0.4, 0.5) is 0 Å². The van der Waals surface area contributed by atoms with Crippen LogP contribution in [0.3, 0.4) is 0 Å². The summed E-state index contributed by atoms with van der Waals surface area (Å²) >= 11 is 0. The molecule has 0 spiro atoms. The van der Waals surface area contributed by atoms with E-state index in [0.29, 0.717) is 5.75 Å². The summed E-state index contributed by atoms with van der Waals surface area (Å²) in [5.74, 6) is 0.665. The van der Waals surface area contributed by atoms with Crippen LogP contribution in [0.2, 0.25) is 0 Å². The van der Waals surface area contributed by atoms with E-state index in [0.717, 1.165) is 5.56 Å². The first kappa shape index (κ1) is 9.65. The molecule has 1 rings (SSSR count). The summed E-state index contributed by atoms with van der Waals surface area (Å²) in [5.41, 5.74) is 1.01. The van der Waals surface area contributed by atoms with Gasteiger partial charge in [-0.25, -0.2) is 0 Å². The highest BCUT2D eigenvalue weighted by Crippen LogP contribution is 2.26. The highest BCUT2D eigenvalue weighted by molar-refractivity contribution is 5.56. The Morgan fingerprint density at radius 1 is 1.38 bits per heavy atom. The van der Waals surface area contributed by atoms with Gasteiger partial charge in [0.25, 0.3) is 0 Å². The largest absolute Gasteiger partial charge is 0.504 e. The van der Waals surface area contributed by atoms with E-state index in [-0.39, 0.29) is 5.75 Å². The summed E-state index contributed by atoms with van der Waals surface area (Å²) < 4.78 is 4.97. The van der Waals surface area contributed by atoms with Gasteiger partial charge in [-0.3, -0.25) is 0 Å². The number of allylic oxidation sites excluding steroid dienone is 1. The van der Waals surface area contributed by atoms with Gasteiger partial charge in [0.2, 0.25) is 0 Å². The zero-order chi connectivity index (χ0) is 9.68. The molecule has 0 bridgehead atoms. The first-order chi connectivity index (χ1) is 6.27. The Hall–Kier alpha value is -1.44. The Bertz CT molecular complexity index is 303. The molecule has 0 aliphatic rings. The van der Waals surface area contributed by atoms with E-state index in [4.69, 9.17) is 4.74 Å². The highest BCUT2D eigenvalue weighted by atomic mass is 16.5. The van der Waals surface area contributed by atoms with Crippen molar-refractivity contribution in [3.05, 3.63) is 36.3 Å². The number of hydrogen-bond acceptors (Lipinski definition) is 2. The van der Waals surface area contributed by atoms with Gasteiger partial charge >= 0.3 is 0 Å². The number of aromatic hydroxyl groups is 1. The number of ether oxygens (including phenoxy) is 1. The normalized spacial score (nSPS) is 10.6. The number of phenolic OH excluding ortho intramolecular Hbond substituents is 1. The molecule has 0 aromatic heterocycles. The zero-order valence-electron chi connectivity index (χ0n) is 7.82. The molecule has 0 fully saturated rings. The molecule has 2 nitrogen and oxygen atoms in total. The van der Waals surface area contributed by atoms with E-state index >= 15 is 0 Å². The predicted octanol–water partition coefficient (Wildman–Crippen LogP) is 2.64. The molecular formula is C11H13O2. The van der Waals surface area contributed by atoms with Gasteiger partial charge in [-0.2, -0.15) is 0 Å². The summed E-state index contributed by atoms with van der Waals surface area (Å²) in [6.07, 6.45) is 5.83. The van der Waals surface area contributed by atoms with E-state index in [1.165, 1.54) is 7.11 Å². The molecular weight excluding hydrogens is 164 g/mol. The molecule has 0 saturated carbocycles. The maximum Gasteiger partial charge on any atom is 0.161 e. The maximum absolute atomic E-state index is 9.30. The van der Waals surface area contributed by atoms with Crippen LogP contribution in [0, 0.1) is 6.42 Å². The molecule has 0 saturated heterocycles. The molecule has 0 aliphatic heterocycles. The molecule has 0 unspecified atom stereocenters. The topological polar surface area (TPSA) is 29.5 Å². The van der Waals surface area contributed by atoms with Crippen LogP contribution in [0.25, 0.3) is 6.08 Å². The third kappa shape index (κ3) is 2.51. The predicted molar refractivity (Wildman–Crippen MR) is 53.7 cm³/mol. The smallest absolute Gasteiger partial charge is 0.161 e. The summed E-state index contributed by atoms with van der Waals surface area (Å²) in [7, 11) is 1.54. The van der Waals surface area contributed by atoms with Crippen LogP contribution in [0.1, 0.15) is 12.5 Å². The fourth-order valence-electron chi connectivity index (χ4n) is 1.01. The molecule has 1 aromatic carbocycles. The lowest BCUT2D eigenvalue weighted by atomic mass is 10.2. The molecule has 0 heterocycles. The van der Waals surface area contributed by atoms with Gasteiger partial charge in [0.05, 0.1) is 7.11 Å². The molecule has 0 aliphatic carbocycles. The highest BCUT2D eigenvalue weighted by Gasteiger charge is 1.99. The Labute approximate surface area is 78.5 Å². The van der Waals surface area contributed by atoms with Crippen molar-refractivity contribution in [3.63, 3.8) is 0 Å². The summed E-state index contributed by atoms with van der Waals surface area (Å²) in [4.78, 5) is 0. The van der Waals surface area contributed by atoms with Gasteiger partial charge in [0.1, 0.15) is 0 Å². The van der Waals surface area contributed by atoms with Gasteiger partial charge in [-0.05, 0) is 24.1 Å². The number of phenols is 1. The van der Waals surface area contributed by atoms with E-state index in [1.807, 2.05) is 31.6 Å². The minimum atomic E-state index is 0.167. The second-order valence-corrected chi connectivity index (χ2v) is 2.62. The van der Waals surface area contributed by atoms with Crippen molar-refractivity contribution in [2.75, 3.05) is 7.11 Å². The van der Waals surface area contributed by atoms with Gasteiger partial charge in [-0.1, -0.05) is 25.1 Å². The van der Waals surface area contributed by atoms with Gasteiger partial charge in [0, 0.05) is 0 Å². The quantitative estimate of drug-likeness (QED) is 0.769. The summed E-state index contributed by atoms with van der Waals surface area (Å²) in [6.45, 7) is 1.95. The standard InChI is InChI=1S/C11H13O2/c1-3-4-5-9-6-7-10(12)11(8-9)13-2/h3-8,12H,1-2H3. The van der Waals surface area contributed by atoms with E-state index < -0.39 is 0 Å². The number of hydrogen-bond donors (Lipinski definition) is 1. The molecule has 1 aromatic rings. The second kappa shape index (κ2) is 4.55. The average Bonchev–Trinajstić information content (AvgIpc) is 2.16. The molecule has 0 amide bonds. The fourth-order valence-corrected chi connectivity index (χ4v) is 1.01. The SMILES string of the molecule is C[CH]C=Cc1ccc(O)c(OC)c1. The first-order valence-corrected chi connectivity index (χ1v) is 4.11. The average molecular weight is 177 g/mol. The number of benzene rings is 1. The third-order valence-corrected chi connectivity index (χ3v) is 1.68. The van der Waals surface area contributed by atoms with Gasteiger partial charge in [0.15, 0.2) is 11.5 Å². The van der Waals surface area contributed by atoms with Crippen LogP contribution in [-0.2, 0) is 0 Å². The molecule has 0 atom stereocenters. The van der Waals surface area contributed by atoms with Crippen LogP contribution >= 0.6 is 0 Å². The van der Waals surface area contributed by atoms with Crippen molar-refractivity contribution in [1.29, 1.82) is 0 Å². The summed E-state index contributed by atoms with van der Waals surface area (Å²) in [5, 5.41) is 9.30. The number of methoxy groups -OCH3 is 1. The van der Waals surface area contributed by atoms with E-state index in [2.05, 4.69) is 0 Å². The monoisotopic (exact) mass is 177 g/mol. The van der Waals surface area contributed by atoms with Crippen LogP contribution in [-0.4, -0.2) is 12.2 Å². The lowest BCUT2D eigenvalue weighted by Crippen LogP contribution is -1.83. The van der Waals surface area contributed by atoms with Gasteiger partial charge in [-0.15, -0.1) is 0 Å². The van der Waals surface area contributed by atoms with Crippen LogP contribution in [0.15, 0.2) is 24.3 Å². The Morgan fingerprint density at radius 3 is 2.77 bits per heavy atom. The maximum atomic E-state index is 9.30. The first-order valence-electron chi connectivity index (χ1n) is 4.11. The summed E-state index contributed by atoms with van der Waals surface area (Å²) in [6, 6.07) is 5.24. The lowest BCUT2D eigenvalue weighted by molar-refractivity contribution is 0.373. The van der Waals surface area contributed by atoms with E-state index in [1.54, 1.807) is 12.1 Å². The Balaban J connectivity index is 2.92. The second-order valence-electron chi connectivity index (χ2n) is 2.62. The van der Waals surface area contributed by atoms with Crippen molar-refractivity contribution in [1.82, 2.24) is 0 Å². The molecule has 69 valence electrons. The van der Waals surface area contributed by atoms with Crippen molar-refractivity contribution in [2.45, 2.75) is 6.92 Å². The lowest BCUT2D eigenvalue weighted by Gasteiger charge is -2.03. The van der Waals surface area contributed by atoms with Crippen LogP contribution < -0.4 is 4.74 Å². The minimum Gasteiger partial charge on any atom is -0.504 e. The Morgan fingerprint density at radius 2 is 2.15 bits per heavy atom. The molecule has 1 N–H and O–H groups in total. The van der Waals surface area contributed by atoms with Crippen molar-refractivity contribution < 1.29 is 9.84 Å². The van der Waals surface area contributed by atoms with Crippen LogP contribution in [0.5, 0.6) is 11.5 Å². The molecule has 13 heavy (non-hydrogen) atoms. The van der Waals surface area contributed by atoms with Gasteiger partial charge < -0.3 is 9.84 Å². The zero-order valence-corrected chi connectivity index (χ0v) is 7.82.